The average Bonchev–Trinajstić information content (AvgIpc) is 3.37. The lowest BCUT2D eigenvalue weighted by Gasteiger charge is -2.37. The number of likely N-dealkylation sites (tertiary alicyclic amines) is 2. The van der Waals surface area contributed by atoms with Crippen molar-refractivity contribution in [3.63, 3.8) is 0 Å². The highest BCUT2D eigenvalue weighted by Gasteiger charge is 2.37. The summed E-state index contributed by atoms with van der Waals surface area (Å²) in [5, 5.41) is 0. The van der Waals surface area contributed by atoms with Crippen LogP contribution in [-0.2, 0) is 19.1 Å². The second-order valence-corrected chi connectivity index (χ2v) is 9.72. The summed E-state index contributed by atoms with van der Waals surface area (Å²) in [4.78, 5) is 23.2. The molecular formula is C26H31F3N4O2. The Morgan fingerprint density at radius 3 is 2.57 bits per heavy atom. The molecule has 1 aromatic carbocycles. The number of halogens is 3. The fourth-order valence-electron chi connectivity index (χ4n) is 5.74. The van der Waals surface area contributed by atoms with Gasteiger partial charge in [-0.2, -0.15) is 13.2 Å². The summed E-state index contributed by atoms with van der Waals surface area (Å²) in [5.41, 5.74) is 1.66. The lowest BCUT2D eigenvalue weighted by Crippen LogP contribution is -2.47. The molecule has 6 nitrogen and oxygen atoms in total. The smallest absolute Gasteiger partial charge is 0.417 e. The number of hydrogen-bond donors (Lipinski definition) is 0. The second kappa shape index (κ2) is 9.68. The van der Waals surface area contributed by atoms with E-state index in [9.17, 15) is 18.0 Å². The molecule has 1 aromatic heterocycles. The van der Waals surface area contributed by atoms with Crippen LogP contribution in [0, 0.1) is 0 Å². The van der Waals surface area contributed by atoms with E-state index in [-0.39, 0.29) is 12.6 Å². The van der Waals surface area contributed by atoms with Crippen LogP contribution < -0.4 is 4.74 Å². The van der Waals surface area contributed by atoms with E-state index in [4.69, 9.17) is 4.74 Å². The number of alkyl halides is 3. The van der Waals surface area contributed by atoms with E-state index in [0.29, 0.717) is 49.3 Å². The SMILES string of the molecule is COc1ccccc1C1CCN(C2CCN(C(=O)N3CCc4ncc(C(F)(F)F)cc4C3)C2)CC1. The van der Waals surface area contributed by atoms with Gasteiger partial charge >= 0.3 is 12.2 Å². The number of urea groups is 1. The number of hydrogen-bond acceptors (Lipinski definition) is 4. The largest absolute Gasteiger partial charge is 0.496 e. The molecule has 0 saturated carbocycles. The molecule has 1 unspecified atom stereocenters. The molecule has 0 aliphatic carbocycles. The average molecular weight is 489 g/mol. The first-order valence-corrected chi connectivity index (χ1v) is 12.3. The maximum absolute atomic E-state index is 13.2. The van der Waals surface area contributed by atoms with Crippen LogP contribution in [0.5, 0.6) is 5.75 Å². The number of benzene rings is 1. The molecule has 4 heterocycles. The fourth-order valence-corrected chi connectivity index (χ4v) is 5.74. The predicted molar refractivity (Wildman–Crippen MR) is 125 cm³/mol. The van der Waals surface area contributed by atoms with Crippen LogP contribution >= 0.6 is 0 Å². The third-order valence-electron chi connectivity index (χ3n) is 7.70. The number of fused-ring (bicyclic) bond motifs is 1. The quantitative estimate of drug-likeness (QED) is 0.637. The number of piperidine rings is 1. The van der Waals surface area contributed by atoms with Gasteiger partial charge in [-0.15, -0.1) is 0 Å². The maximum atomic E-state index is 13.2. The molecule has 2 amide bonds. The van der Waals surface area contributed by atoms with Gasteiger partial charge in [0.25, 0.3) is 0 Å². The Morgan fingerprint density at radius 1 is 1.06 bits per heavy atom. The molecule has 0 bridgehead atoms. The van der Waals surface area contributed by atoms with Crippen LogP contribution in [0.25, 0.3) is 0 Å². The van der Waals surface area contributed by atoms with E-state index in [1.807, 2.05) is 17.0 Å². The van der Waals surface area contributed by atoms with Gasteiger partial charge in [0.1, 0.15) is 5.75 Å². The monoisotopic (exact) mass is 488 g/mol. The molecule has 35 heavy (non-hydrogen) atoms. The van der Waals surface area contributed by atoms with Crippen molar-refractivity contribution < 1.29 is 22.7 Å². The summed E-state index contributed by atoms with van der Waals surface area (Å²) in [6.45, 7) is 3.98. The Labute approximate surface area is 203 Å². The number of para-hydroxylation sites is 1. The van der Waals surface area contributed by atoms with Gasteiger partial charge in [-0.3, -0.25) is 9.88 Å². The highest BCUT2D eigenvalue weighted by molar-refractivity contribution is 5.75. The Kier molecular flexibility index (Phi) is 6.61. The van der Waals surface area contributed by atoms with E-state index >= 15 is 0 Å². The Balaban J connectivity index is 1.16. The molecule has 9 heteroatoms. The molecular weight excluding hydrogens is 457 g/mol. The Morgan fingerprint density at radius 2 is 1.83 bits per heavy atom. The predicted octanol–water partition coefficient (Wildman–Crippen LogP) is 4.54. The number of carbonyl (C=O) groups excluding carboxylic acids is 1. The number of aromatic nitrogens is 1. The summed E-state index contributed by atoms with van der Waals surface area (Å²) in [6, 6.07) is 9.60. The lowest BCUT2D eigenvalue weighted by molar-refractivity contribution is -0.137. The first kappa shape index (κ1) is 23.9. The molecule has 0 spiro atoms. The van der Waals surface area contributed by atoms with Gasteiger partial charge in [0.2, 0.25) is 0 Å². The first-order chi connectivity index (χ1) is 16.8. The number of ether oxygens (including phenoxy) is 1. The van der Waals surface area contributed by atoms with E-state index in [2.05, 4.69) is 22.0 Å². The summed E-state index contributed by atoms with van der Waals surface area (Å²) in [7, 11) is 1.71. The summed E-state index contributed by atoms with van der Waals surface area (Å²) in [5.74, 6) is 1.43. The third-order valence-corrected chi connectivity index (χ3v) is 7.70. The lowest BCUT2D eigenvalue weighted by atomic mass is 9.88. The van der Waals surface area contributed by atoms with Crippen molar-refractivity contribution in [1.29, 1.82) is 0 Å². The third kappa shape index (κ3) is 4.96. The topological polar surface area (TPSA) is 48.9 Å². The van der Waals surface area contributed by atoms with Crippen LogP contribution in [0.4, 0.5) is 18.0 Å². The molecule has 3 aliphatic heterocycles. The highest BCUT2D eigenvalue weighted by atomic mass is 19.4. The molecule has 188 valence electrons. The number of methoxy groups -OCH3 is 1. The Bertz CT molecular complexity index is 1070. The minimum Gasteiger partial charge on any atom is -0.496 e. The first-order valence-electron chi connectivity index (χ1n) is 12.3. The van der Waals surface area contributed by atoms with Crippen molar-refractivity contribution in [3.05, 3.63) is 58.9 Å². The molecule has 2 fully saturated rings. The standard InChI is InChI=1S/C26H31F3N4O2/c1-35-24-5-3-2-4-22(24)18-6-10-31(11-7-18)21-8-12-33(17-21)25(34)32-13-9-23-19(16-32)14-20(15-30-23)26(27,28)29/h2-5,14-15,18,21H,6-13,16-17H2,1H3. The van der Waals surface area contributed by atoms with Crippen molar-refractivity contribution in [1.82, 2.24) is 19.7 Å². The normalized spacial score (nSPS) is 21.8. The van der Waals surface area contributed by atoms with E-state index in [1.54, 1.807) is 12.0 Å². The van der Waals surface area contributed by atoms with Crippen LogP contribution in [0.2, 0.25) is 0 Å². The van der Waals surface area contributed by atoms with Crippen LogP contribution in [0.1, 0.15) is 47.6 Å². The Hall–Kier alpha value is -2.81. The number of nitrogens with zero attached hydrogens (tertiary/aromatic N) is 4. The number of amides is 2. The van der Waals surface area contributed by atoms with Gasteiger partial charge in [0, 0.05) is 50.5 Å². The van der Waals surface area contributed by atoms with Crippen molar-refractivity contribution in [3.8, 4) is 5.75 Å². The van der Waals surface area contributed by atoms with Gasteiger partial charge in [0.15, 0.2) is 0 Å². The number of rotatable bonds is 3. The number of carbonyl (C=O) groups is 1. The van der Waals surface area contributed by atoms with Gasteiger partial charge < -0.3 is 14.5 Å². The summed E-state index contributed by atoms with van der Waals surface area (Å²) in [6.07, 6.45) is -0.0270. The van der Waals surface area contributed by atoms with E-state index in [1.165, 1.54) is 5.56 Å². The molecule has 0 radical (unpaired) electrons. The molecule has 2 saturated heterocycles. The van der Waals surface area contributed by atoms with Gasteiger partial charge in [0.05, 0.1) is 12.7 Å². The van der Waals surface area contributed by atoms with Crippen molar-refractivity contribution in [2.24, 2.45) is 0 Å². The minimum atomic E-state index is -4.43. The van der Waals surface area contributed by atoms with Gasteiger partial charge in [-0.25, -0.2) is 4.79 Å². The zero-order valence-electron chi connectivity index (χ0n) is 19.9. The zero-order valence-corrected chi connectivity index (χ0v) is 19.9. The molecule has 3 aliphatic rings. The number of pyridine rings is 1. The van der Waals surface area contributed by atoms with Crippen LogP contribution in [0.15, 0.2) is 36.5 Å². The molecule has 1 atom stereocenters. The molecule has 2 aromatic rings. The maximum Gasteiger partial charge on any atom is 0.417 e. The highest BCUT2D eigenvalue weighted by Crippen LogP contribution is 2.35. The van der Waals surface area contributed by atoms with E-state index in [0.717, 1.165) is 50.4 Å². The van der Waals surface area contributed by atoms with Crippen LogP contribution in [-0.4, -0.2) is 71.6 Å². The minimum absolute atomic E-state index is 0.0838. The van der Waals surface area contributed by atoms with Gasteiger partial charge in [-0.05, 0) is 61.5 Å². The van der Waals surface area contributed by atoms with Crippen molar-refractivity contribution in [2.45, 2.75) is 50.4 Å². The fraction of sp³-hybridized carbons (Fsp3) is 0.538. The molecule has 5 rings (SSSR count). The van der Waals surface area contributed by atoms with Gasteiger partial charge in [-0.1, -0.05) is 18.2 Å². The van der Waals surface area contributed by atoms with E-state index < -0.39 is 11.7 Å². The van der Waals surface area contributed by atoms with Crippen molar-refractivity contribution in [2.75, 3.05) is 39.8 Å². The molecule has 0 N–H and O–H groups in total. The second-order valence-electron chi connectivity index (χ2n) is 9.72. The summed E-state index contributed by atoms with van der Waals surface area (Å²) >= 11 is 0. The van der Waals surface area contributed by atoms with Crippen molar-refractivity contribution >= 4 is 6.03 Å². The zero-order chi connectivity index (χ0) is 24.6. The summed E-state index contributed by atoms with van der Waals surface area (Å²) < 4.78 is 44.8. The van der Waals surface area contributed by atoms with Crippen LogP contribution in [0.3, 0.4) is 0 Å².